The zero-order valence-electron chi connectivity index (χ0n) is 8.81. The Morgan fingerprint density at radius 2 is 1.00 bits per heavy atom. The monoisotopic (exact) mass is 288 g/mol. The van der Waals surface area contributed by atoms with E-state index in [1.54, 1.807) is 0 Å². The van der Waals surface area contributed by atoms with Gasteiger partial charge in [0.15, 0.2) is 0 Å². The highest BCUT2D eigenvalue weighted by atomic mass is 32.2. The highest BCUT2D eigenvalue weighted by Gasteiger charge is 2.12. The van der Waals surface area contributed by atoms with E-state index in [1.807, 2.05) is 0 Å². The van der Waals surface area contributed by atoms with Crippen LogP contribution in [0.5, 0.6) is 0 Å². The Bertz CT molecular complexity index is 749. The van der Waals surface area contributed by atoms with E-state index in [0.717, 1.165) is 12.1 Å². The van der Waals surface area contributed by atoms with Crippen molar-refractivity contribution in [2.75, 3.05) is 0 Å². The second-order valence-electron chi connectivity index (χ2n) is 3.62. The molecular formula is C10H8O6S2. The van der Waals surface area contributed by atoms with Gasteiger partial charge in [-0.15, -0.1) is 0 Å². The Kier molecular flexibility index (Phi) is 2.90. The van der Waals surface area contributed by atoms with E-state index >= 15 is 0 Å². The van der Waals surface area contributed by atoms with Crippen LogP contribution in [0.4, 0.5) is 0 Å². The molecule has 8 heteroatoms. The van der Waals surface area contributed by atoms with Crippen LogP contribution >= 0.6 is 0 Å². The summed E-state index contributed by atoms with van der Waals surface area (Å²) in [5.74, 6) is 0. The first kappa shape index (κ1) is 13.0. The predicted octanol–water partition coefficient (Wildman–Crippen LogP) is 1.33. The average molecular weight is 288 g/mol. The van der Waals surface area contributed by atoms with Gasteiger partial charge in [0, 0.05) is 0 Å². The lowest BCUT2D eigenvalue weighted by atomic mass is 10.1. The first-order valence-electron chi connectivity index (χ1n) is 4.67. The molecule has 0 saturated carbocycles. The van der Waals surface area contributed by atoms with Crippen LogP contribution in [0.15, 0.2) is 46.2 Å². The Labute approximate surface area is 103 Å². The summed E-state index contributed by atoms with van der Waals surface area (Å²) >= 11 is 0. The molecule has 0 fully saturated rings. The van der Waals surface area contributed by atoms with Crippen LogP contribution in [0.1, 0.15) is 0 Å². The SMILES string of the molecule is O=S(=O)(O)c1ccc2cc(S(=O)(=O)O)ccc2c1. The van der Waals surface area contributed by atoms with Gasteiger partial charge in [0.05, 0.1) is 9.79 Å². The van der Waals surface area contributed by atoms with Crippen LogP contribution in [-0.4, -0.2) is 25.9 Å². The summed E-state index contributed by atoms with van der Waals surface area (Å²) in [6.45, 7) is 0. The molecule has 0 bridgehead atoms. The summed E-state index contributed by atoms with van der Waals surface area (Å²) in [7, 11) is -8.60. The van der Waals surface area contributed by atoms with Gasteiger partial charge in [0.2, 0.25) is 0 Å². The molecule has 18 heavy (non-hydrogen) atoms. The molecule has 2 rings (SSSR count). The van der Waals surface area contributed by atoms with Crippen molar-refractivity contribution in [3.63, 3.8) is 0 Å². The van der Waals surface area contributed by atoms with Gasteiger partial charge < -0.3 is 0 Å². The number of hydrogen-bond donors (Lipinski definition) is 2. The van der Waals surface area contributed by atoms with Crippen LogP contribution in [0, 0.1) is 0 Å². The van der Waals surface area contributed by atoms with Crippen molar-refractivity contribution in [2.24, 2.45) is 0 Å². The molecule has 0 atom stereocenters. The lowest BCUT2D eigenvalue weighted by Gasteiger charge is -2.03. The second-order valence-corrected chi connectivity index (χ2v) is 6.46. The van der Waals surface area contributed by atoms with Crippen molar-refractivity contribution in [1.29, 1.82) is 0 Å². The number of fused-ring (bicyclic) bond motifs is 1. The summed E-state index contributed by atoms with van der Waals surface area (Å²) in [6, 6.07) is 7.38. The molecule has 0 aliphatic carbocycles. The van der Waals surface area contributed by atoms with Gasteiger partial charge in [-0.1, -0.05) is 12.1 Å². The molecule has 0 spiro atoms. The molecule has 0 aliphatic rings. The van der Waals surface area contributed by atoms with Gasteiger partial charge in [0.25, 0.3) is 20.2 Å². The van der Waals surface area contributed by atoms with Gasteiger partial charge in [0.1, 0.15) is 0 Å². The molecule has 0 aromatic heterocycles. The van der Waals surface area contributed by atoms with Crippen molar-refractivity contribution in [3.05, 3.63) is 36.4 Å². The minimum Gasteiger partial charge on any atom is -0.282 e. The van der Waals surface area contributed by atoms with E-state index < -0.39 is 20.2 Å². The maximum atomic E-state index is 10.9. The fourth-order valence-electron chi connectivity index (χ4n) is 1.52. The molecule has 96 valence electrons. The molecule has 0 aliphatic heterocycles. The first-order valence-corrected chi connectivity index (χ1v) is 7.55. The van der Waals surface area contributed by atoms with Crippen molar-refractivity contribution in [1.82, 2.24) is 0 Å². The molecule has 0 unspecified atom stereocenters. The lowest BCUT2D eigenvalue weighted by Crippen LogP contribution is -1.99. The van der Waals surface area contributed by atoms with Crippen LogP contribution < -0.4 is 0 Å². The zero-order chi connectivity index (χ0) is 13.6. The maximum Gasteiger partial charge on any atom is 0.294 e. The van der Waals surface area contributed by atoms with E-state index in [4.69, 9.17) is 9.11 Å². The Balaban J connectivity index is 2.70. The van der Waals surface area contributed by atoms with E-state index in [9.17, 15) is 16.8 Å². The summed E-state index contributed by atoms with van der Waals surface area (Å²) in [5.41, 5.74) is 0. The number of hydrogen-bond acceptors (Lipinski definition) is 4. The highest BCUT2D eigenvalue weighted by Crippen LogP contribution is 2.22. The molecule has 2 aromatic rings. The standard InChI is InChI=1S/C10H8O6S2/c11-17(12,13)9-3-1-7-5-10(18(14,15)16)4-2-8(7)6-9/h1-6H,(H,11,12,13)(H,14,15,16). The van der Waals surface area contributed by atoms with Crippen molar-refractivity contribution in [2.45, 2.75) is 9.79 Å². The third-order valence-corrected chi connectivity index (χ3v) is 4.08. The Morgan fingerprint density at radius 1 is 0.667 bits per heavy atom. The van der Waals surface area contributed by atoms with Gasteiger partial charge in [-0.2, -0.15) is 16.8 Å². The number of rotatable bonds is 2. The van der Waals surface area contributed by atoms with E-state index in [2.05, 4.69) is 0 Å². The first-order chi connectivity index (χ1) is 8.18. The Morgan fingerprint density at radius 3 is 1.28 bits per heavy atom. The van der Waals surface area contributed by atoms with Crippen molar-refractivity contribution >= 4 is 31.0 Å². The summed E-state index contributed by atoms with van der Waals surface area (Å²) in [6.07, 6.45) is 0. The lowest BCUT2D eigenvalue weighted by molar-refractivity contribution is 0.481. The molecule has 0 amide bonds. The van der Waals surface area contributed by atoms with Crippen molar-refractivity contribution in [3.8, 4) is 0 Å². The second kappa shape index (κ2) is 4.02. The van der Waals surface area contributed by atoms with E-state index in [-0.39, 0.29) is 9.79 Å². The average Bonchev–Trinajstić information content (AvgIpc) is 2.25. The predicted molar refractivity (Wildman–Crippen MR) is 63.6 cm³/mol. The summed E-state index contributed by atoms with van der Waals surface area (Å²) < 4.78 is 61.4. The van der Waals surface area contributed by atoms with Gasteiger partial charge in [-0.3, -0.25) is 9.11 Å². The number of benzene rings is 2. The van der Waals surface area contributed by atoms with Crippen LogP contribution in [-0.2, 0) is 20.2 Å². The third kappa shape index (κ3) is 2.51. The topological polar surface area (TPSA) is 109 Å². The molecule has 0 heterocycles. The molecular weight excluding hydrogens is 280 g/mol. The minimum atomic E-state index is -4.30. The molecule has 2 N–H and O–H groups in total. The minimum absolute atomic E-state index is 0.283. The quantitative estimate of drug-likeness (QED) is 0.807. The molecule has 6 nitrogen and oxygen atoms in total. The normalized spacial score (nSPS) is 12.8. The van der Waals surface area contributed by atoms with Gasteiger partial charge in [-0.05, 0) is 35.0 Å². The summed E-state index contributed by atoms with van der Waals surface area (Å²) in [5, 5.41) is 0.857. The molecule has 0 radical (unpaired) electrons. The summed E-state index contributed by atoms with van der Waals surface area (Å²) in [4.78, 5) is -0.566. The van der Waals surface area contributed by atoms with E-state index in [1.165, 1.54) is 24.3 Å². The van der Waals surface area contributed by atoms with Crippen molar-refractivity contribution < 1.29 is 25.9 Å². The molecule has 2 aromatic carbocycles. The van der Waals surface area contributed by atoms with Crippen LogP contribution in [0.3, 0.4) is 0 Å². The maximum absolute atomic E-state index is 10.9. The van der Waals surface area contributed by atoms with Crippen LogP contribution in [0.25, 0.3) is 10.8 Å². The van der Waals surface area contributed by atoms with Gasteiger partial charge in [-0.25, -0.2) is 0 Å². The molecule has 0 saturated heterocycles. The largest absolute Gasteiger partial charge is 0.294 e. The Hall–Kier alpha value is -1.48. The smallest absolute Gasteiger partial charge is 0.282 e. The van der Waals surface area contributed by atoms with Gasteiger partial charge >= 0.3 is 0 Å². The zero-order valence-corrected chi connectivity index (χ0v) is 10.4. The fourth-order valence-corrected chi connectivity index (χ4v) is 2.55. The fraction of sp³-hybridized carbons (Fsp3) is 0. The highest BCUT2D eigenvalue weighted by molar-refractivity contribution is 7.86. The van der Waals surface area contributed by atoms with Crippen LogP contribution in [0.2, 0.25) is 0 Å². The third-order valence-electron chi connectivity index (χ3n) is 2.38. The van der Waals surface area contributed by atoms with E-state index in [0.29, 0.717) is 10.8 Å².